The van der Waals surface area contributed by atoms with Crippen molar-refractivity contribution in [2.75, 3.05) is 58.6 Å². The number of rotatable bonds is 13. The average Bonchev–Trinajstić information content (AvgIpc) is 3.55. The Kier molecular flexibility index (Phi) is 10.4. The standard InChI is InChI=1S/C29H43N9O4/c1-20-12-26(37(15-20)19-38(7,8)18-31-21(2)39)29(42)33-23-14-25(36(6)17-23)28(41)32-22-13-24(35(5)16-22)27(40)30-10-9-11-34(3)4/h12-17H,9-11,18-19H2,1-8H3,(H3-,30,31,32,33,39,40,41,42)/p+1. The van der Waals surface area contributed by atoms with Crippen molar-refractivity contribution in [3.63, 3.8) is 0 Å². The van der Waals surface area contributed by atoms with Crippen molar-refractivity contribution >= 4 is 35.0 Å². The van der Waals surface area contributed by atoms with Crippen LogP contribution < -0.4 is 21.3 Å². The average molecular weight is 583 g/mol. The van der Waals surface area contributed by atoms with Crippen molar-refractivity contribution in [3.8, 4) is 0 Å². The number of aromatic nitrogens is 3. The Labute approximate surface area is 247 Å². The first-order valence-corrected chi connectivity index (χ1v) is 13.8. The SMILES string of the molecule is CC(=O)NC[N+](C)(C)Cn1cc(C)cc1C(=O)Nc1cc(C(=O)Nc2cc(C(=O)NCCCN(C)C)n(C)c2)n(C)c1. The maximum absolute atomic E-state index is 13.3. The number of quaternary nitrogens is 1. The van der Waals surface area contributed by atoms with Gasteiger partial charge in [-0.15, -0.1) is 0 Å². The lowest BCUT2D eigenvalue weighted by Crippen LogP contribution is -2.49. The highest BCUT2D eigenvalue weighted by Gasteiger charge is 2.22. The summed E-state index contributed by atoms with van der Waals surface area (Å²) in [6, 6.07) is 5.04. The summed E-state index contributed by atoms with van der Waals surface area (Å²) in [5.74, 6) is -1.02. The number of carbonyl (C=O) groups excluding carboxylic acids is 4. The van der Waals surface area contributed by atoms with E-state index in [2.05, 4.69) is 26.2 Å². The number of hydrogen-bond donors (Lipinski definition) is 4. The highest BCUT2D eigenvalue weighted by atomic mass is 16.2. The van der Waals surface area contributed by atoms with Crippen LogP contribution in [0.25, 0.3) is 0 Å². The molecule has 0 radical (unpaired) electrons. The molecule has 0 aliphatic carbocycles. The van der Waals surface area contributed by atoms with Crippen LogP contribution in [-0.4, -0.2) is 94.7 Å². The summed E-state index contributed by atoms with van der Waals surface area (Å²) in [5, 5.41) is 11.4. The van der Waals surface area contributed by atoms with Crippen LogP contribution in [-0.2, 0) is 25.6 Å². The number of carbonyl (C=O) groups is 4. The fourth-order valence-electron chi connectivity index (χ4n) is 4.55. The number of nitrogens with one attached hydrogen (secondary N) is 4. The number of amides is 4. The molecule has 4 amide bonds. The van der Waals surface area contributed by atoms with E-state index in [1.54, 1.807) is 53.8 Å². The molecule has 13 heteroatoms. The minimum absolute atomic E-state index is 0.115. The van der Waals surface area contributed by atoms with Gasteiger partial charge in [0.2, 0.25) is 5.91 Å². The molecule has 0 spiro atoms. The first kappa shape index (κ1) is 32.2. The van der Waals surface area contributed by atoms with Gasteiger partial charge in [-0.25, -0.2) is 0 Å². The first-order chi connectivity index (χ1) is 19.6. The Hall–Kier alpha value is -4.36. The molecular formula is C29H44N9O4+. The lowest BCUT2D eigenvalue weighted by molar-refractivity contribution is -0.914. The summed E-state index contributed by atoms with van der Waals surface area (Å²) in [7, 11) is 11.4. The molecule has 0 unspecified atom stereocenters. The summed E-state index contributed by atoms with van der Waals surface area (Å²) < 4.78 is 5.59. The molecule has 4 N–H and O–H groups in total. The third-order valence-corrected chi connectivity index (χ3v) is 6.62. The number of nitrogens with zero attached hydrogens (tertiary/aromatic N) is 5. The van der Waals surface area contributed by atoms with Crippen LogP contribution in [0.3, 0.4) is 0 Å². The molecule has 3 heterocycles. The molecule has 3 aromatic rings. The topological polar surface area (TPSA) is 134 Å². The van der Waals surface area contributed by atoms with Gasteiger partial charge < -0.3 is 35.3 Å². The van der Waals surface area contributed by atoms with Crippen LogP contribution in [0, 0.1) is 6.92 Å². The lowest BCUT2D eigenvalue weighted by atomic mass is 10.3. The molecular weight excluding hydrogens is 538 g/mol. The molecule has 0 aromatic carbocycles. The summed E-state index contributed by atoms with van der Waals surface area (Å²) in [6.07, 6.45) is 6.08. The second-order valence-corrected chi connectivity index (χ2v) is 11.6. The number of anilines is 2. The summed E-state index contributed by atoms with van der Waals surface area (Å²) in [5.41, 5.74) is 3.12. The zero-order valence-electron chi connectivity index (χ0n) is 25.9. The number of hydrogen-bond acceptors (Lipinski definition) is 5. The molecule has 228 valence electrons. The van der Waals surface area contributed by atoms with Gasteiger partial charge >= 0.3 is 0 Å². The minimum Gasteiger partial charge on any atom is -0.351 e. The first-order valence-electron chi connectivity index (χ1n) is 13.8. The minimum atomic E-state index is -0.377. The van der Waals surface area contributed by atoms with Crippen LogP contribution in [0.1, 0.15) is 50.4 Å². The van der Waals surface area contributed by atoms with E-state index in [1.165, 1.54) is 6.92 Å². The highest BCUT2D eigenvalue weighted by molar-refractivity contribution is 6.07. The quantitative estimate of drug-likeness (QED) is 0.139. The normalized spacial score (nSPS) is 11.5. The van der Waals surface area contributed by atoms with Crippen LogP contribution >= 0.6 is 0 Å². The predicted molar refractivity (Wildman–Crippen MR) is 162 cm³/mol. The van der Waals surface area contributed by atoms with Gasteiger partial charge in [0.05, 0.1) is 25.5 Å². The summed E-state index contributed by atoms with van der Waals surface area (Å²) >= 11 is 0. The van der Waals surface area contributed by atoms with Gasteiger partial charge in [0.25, 0.3) is 17.7 Å². The Morgan fingerprint density at radius 1 is 0.810 bits per heavy atom. The predicted octanol–water partition coefficient (Wildman–Crippen LogP) is 1.79. The van der Waals surface area contributed by atoms with E-state index >= 15 is 0 Å². The van der Waals surface area contributed by atoms with Gasteiger partial charge in [0, 0.05) is 46.2 Å². The van der Waals surface area contributed by atoms with Crippen LogP contribution in [0.15, 0.2) is 36.8 Å². The third-order valence-electron chi connectivity index (χ3n) is 6.62. The van der Waals surface area contributed by atoms with Gasteiger partial charge in [-0.05, 0) is 57.7 Å². The molecule has 0 fully saturated rings. The molecule has 0 aliphatic rings. The maximum atomic E-state index is 13.3. The summed E-state index contributed by atoms with van der Waals surface area (Å²) in [4.78, 5) is 52.4. The molecule has 3 rings (SSSR count). The monoisotopic (exact) mass is 582 g/mol. The van der Waals surface area contributed by atoms with Crippen molar-refractivity contribution in [2.24, 2.45) is 14.1 Å². The molecule has 3 aromatic heterocycles. The van der Waals surface area contributed by atoms with Gasteiger partial charge in [0.1, 0.15) is 17.1 Å². The molecule has 0 saturated carbocycles. The van der Waals surface area contributed by atoms with E-state index < -0.39 is 0 Å². The second-order valence-electron chi connectivity index (χ2n) is 11.6. The van der Waals surface area contributed by atoms with Gasteiger partial charge in [0.15, 0.2) is 13.3 Å². The van der Waals surface area contributed by atoms with Gasteiger partial charge in [-0.2, -0.15) is 0 Å². The molecule has 0 bridgehead atoms. The van der Waals surface area contributed by atoms with Gasteiger partial charge in [-0.3, -0.25) is 28.2 Å². The smallest absolute Gasteiger partial charge is 0.272 e. The van der Waals surface area contributed by atoms with Crippen LogP contribution in [0.5, 0.6) is 0 Å². The van der Waals surface area contributed by atoms with Crippen molar-refractivity contribution in [1.82, 2.24) is 29.2 Å². The second kappa shape index (κ2) is 13.5. The largest absolute Gasteiger partial charge is 0.351 e. The molecule has 0 atom stereocenters. The molecule has 13 nitrogen and oxygen atoms in total. The third kappa shape index (κ3) is 8.82. The zero-order chi connectivity index (χ0) is 31.2. The van der Waals surface area contributed by atoms with E-state index in [-0.39, 0.29) is 23.6 Å². The molecule has 0 aliphatic heterocycles. The summed E-state index contributed by atoms with van der Waals surface area (Å²) in [6.45, 7) is 5.69. The zero-order valence-corrected chi connectivity index (χ0v) is 25.9. The number of aryl methyl sites for hydroxylation is 3. The Balaban J connectivity index is 1.66. The van der Waals surface area contributed by atoms with Gasteiger partial charge in [-0.1, -0.05) is 0 Å². The highest BCUT2D eigenvalue weighted by Crippen LogP contribution is 2.19. The van der Waals surface area contributed by atoms with Crippen LogP contribution in [0.2, 0.25) is 0 Å². The van der Waals surface area contributed by atoms with E-state index in [0.717, 1.165) is 18.5 Å². The van der Waals surface area contributed by atoms with Crippen molar-refractivity contribution in [2.45, 2.75) is 26.9 Å². The lowest BCUT2D eigenvalue weighted by Gasteiger charge is -2.30. The Bertz CT molecular complexity index is 1440. The Morgan fingerprint density at radius 2 is 1.36 bits per heavy atom. The molecule has 0 saturated heterocycles. The Morgan fingerprint density at radius 3 is 1.90 bits per heavy atom. The van der Waals surface area contributed by atoms with E-state index in [9.17, 15) is 19.2 Å². The van der Waals surface area contributed by atoms with E-state index in [1.807, 2.05) is 45.9 Å². The van der Waals surface area contributed by atoms with Crippen LogP contribution in [0.4, 0.5) is 11.4 Å². The van der Waals surface area contributed by atoms with E-state index in [0.29, 0.717) is 52.8 Å². The fraction of sp³-hybridized carbons (Fsp3) is 0.448. The van der Waals surface area contributed by atoms with E-state index in [4.69, 9.17) is 0 Å². The van der Waals surface area contributed by atoms with Crippen molar-refractivity contribution < 1.29 is 23.7 Å². The fourth-order valence-corrected chi connectivity index (χ4v) is 4.55. The van der Waals surface area contributed by atoms with Crippen molar-refractivity contribution in [1.29, 1.82) is 0 Å². The maximum Gasteiger partial charge on any atom is 0.272 e. The van der Waals surface area contributed by atoms with Crippen molar-refractivity contribution in [3.05, 3.63) is 59.4 Å². The molecule has 42 heavy (non-hydrogen) atoms.